The summed E-state index contributed by atoms with van der Waals surface area (Å²) in [6, 6.07) is 4.86. The maximum absolute atomic E-state index is 13.5. The molecule has 2 heterocycles. The van der Waals surface area contributed by atoms with Crippen molar-refractivity contribution in [1.29, 1.82) is 0 Å². The Hall–Kier alpha value is -1.35. The molecule has 0 radical (unpaired) electrons. The normalized spacial score (nSPS) is 17.9. The van der Waals surface area contributed by atoms with Gasteiger partial charge in [-0.25, -0.2) is 4.39 Å². The molecule has 0 spiro atoms. The minimum atomic E-state index is -0.197. The topological polar surface area (TPSA) is 55.4 Å². The van der Waals surface area contributed by atoms with Crippen LogP contribution in [0, 0.1) is 11.7 Å². The summed E-state index contributed by atoms with van der Waals surface area (Å²) in [6.07, 6.45) is 5.26. The SMILES string of the molecule is CCCN1CCC(CNC(=NC)NCCc2c[nH]c3ccc(F)cc23)C1.I. The van der Waals surface area contributed by atoms with E-state index in [2.05, 4.69) is 32.4 Å². The molecule has 7 heteroatoms. The fourth-order valence-corrected chi connectivity index (χ4v) is 3.73. The van der Waals surface area contributed by atoms with Crippen molar-refractivity contribution in [3.05, 3.63) is 35.8 Å². The molecular weight excluding hydrogens is 456 g/mol. The number of halogens is 2. The number of nitrogens with zero attached hydrogens (tertiary/aromatic N) is 2. The maximum Gasteiger partial charge on any atom is 0.190 e. The van der Waals surface area contributed by atoms with Crippen molar-refractivity contribution in [3.63, 3.8) is 0 Å². The largest absolute Gasteiger partial charge is 0.361 e. The number of aliphatic imine (C=N–C) groups is 1. The van der Waals surface area contributed by atoms with Crippen LogP contribution in [-0.4, -0.2) is 55.6 Å². The number of H-pyrrole nitrogens is 1. The molecule has 2 aromatic rings. The first-order valence-corrected chi connectivity index (χ1v) is 9.62. The highest BCUT2D eigenvalue weighted by Gasteiger charge is 2.21. The van der Waals surface area contributed by atoms with Crippen LogP contribution in [0.4, 0.5) is 4.39 Å². The number of guanidine groups is 1. The van der Waals surface area contributed by atoms with Crippen LogP contribution < -0.4 is 10.6 Å². The van der Waals surface area contributed by atoms with Crippen LogP contribution in [0.15, 0.2) is 29.4 Å². The van der Waals surface area contributed by atoms with E-state index < -0.39 is 0 Å². The van der Waals surface area contributed by atoms with E-state index in [4.69, 9.17) is 0 Å². The van der Waals surface area contributed by atoms with Crippen molar-refractivity contribution < 1.29 is 4.39 Å². The molecule has 1 atom stereocenters. The first-order chi connectivity index (χ1) is 12.7. The van der Waals surface area contributed by atoms with E-state index >= 15 is 0 Å². The second-order valence-electron chi connectivity index (χ2n) is 7.09. The minimum Gasteiger partial charge on any atom is -0.361 e. The Labute approximate surface area is 178 Å². The summed E-state index contributed by atoms with van der Waals surface area (Å²) in [6.45, 7) is 7.55. The third-order valence-corrected chi connectivity index (χ3v) is 5.11. The lowest BCUT2D eigenvalue weighted by molar-refractivity contribution is 0.324. The molecule has 0 saturated carbocycles. The van der Waals surface area contributed by atoms with Gasteiger partial charge in [-0.1, -0.05) is 6.92 Å². The fourth-order valence-electron chi connectivity index (χ4n) is 3.73. The van der Waals surface area contributed by atoms with Crippen LogP contribution >= 0.6 is 24.0 Å². The van der Waals surface area contributed by atoms with Crippen molar-refractivity contribution >= 4 is 40.8 Å². The zero-order chi connectivity index (χ0) is 18.4. The lowest BCUT2D eigenvalue weighted by Crippen LogP contribution is -2.41. The number of rotatable bonds is 7. The monoisotopic (exact) mass is 487 g/mol. The summed E-state index contributed by atoms with van der Waals surface area (Å²) >= 11 is 0. The number of likely N-dealkylation sites (tertiary alicyclic amines) is 1. The van der Waals surface area contributed by atoms with Gasteiger partial charge in [0, 0.05) is 43.8 Å². The van der Waals surface area contributed by atoms with Crippen molar-refractivity contribution in [3.8, 4) is 0 Å². The Balaban J connectivity index is 0.00000261. The molecule has 1 aliphatic rings. The summed E-state index contributed by atoms with van der Waals surface area (Å²) < 4.78 is 13.5. The molecule has 0 amide bonds. The predicted octanol–water partition coefficient (Wildman–Crippen LogP) is 3.36. The lowest BCUT2D eigenvalue weighted by atomic mass is 10.1. The molecule has 1 aromatic carbocycles. The molecule has 1 saturated heterocycles. The van der Waals surface area contributed by atoms with E-state index in [1.165, 1.54) is 38.5 Å². The minimum absolute atomic E-state index is 0. The van der Waals surface area contributed by atoms with E-state index in [1.54, 1.807) is 19.2 Å². The first kappa shape index (κ1) is 21.9. The number of hydrogen-bond donors (Lipinski definition) is 3. The Morgan fingerprint density at radius 3 is 3.00 bits per heavy atom. The van der Waals surface area contributed by atoms with Crippen LogP contribution in [0.5, 0.6) is 0 Å². The average molecular weight is 487 g/mol. The van der Waals surface area contributed by atoms with Crippen LogP contribution in [0.25, 0.3) is 10.9 Å². The van der Waals surface area contributed by atoms with Gasteiger partial charge in [0.05, 0.1) is 0 Å². The van der Waals surface area contributed by atoms with E-state index in [0.717, 1.165) is 41.9 Å². The number of hydrogen-bond acceptors (Lipinski definition) is 2. The van der Waals surface area contributed by atoms with Crippen molar-refractivity contribution in [1.82, 2.24) is 20.5 Å². The number of aromatic amines is 1. The van der Waals surface area contributed by atoms with Gasteiger partial charge in [-0.05, 0) is 62.0 Å². The summed E-state index contributed by atoms with van der Waals surface area (Å²) in [5, 5.41) is 7.77. The molecule has 0 aliphatic carbocycles. The van der Waals surface area contributed by atoms with Crippen molar-refractivity contribution in [2.45, 2.75) is 26.2 Å². The van der Waals surface area contributed by atoms with E-state index in [9.17, 15) is 4.39 Å². The second kappa shape index (κ2) is 10.8. The molecular formula is C20H31FIN5. The Kier molecular flexibility index (Phi) is 8.82. The number of fused-ring (bicyclic) bond motifs is 1. The van der Waals surface area contributed by atoms with E-state index in [1.807, 2.05) is 6.20 Å². The van der Waals surface area contributed by atoms with Gasteiger partial charge in [-0.15, -0.1) is 24.0 Å². The Bertz CT molecular complexity index is 745. The van der Waals surface area contributed by atoms with Gasteiger partial charge in [0.25, 0.3) is 0 Å². The molecule has 5 nitrogen and oxygen atoms in total. The fraction of sp³-hybridized carbons (Fsp3) is 0.550. The highest BCUT2D eigenvalue weighted by atomic mass is 127. The summed E-state index contributed by atoms with van der Waals surface area (Å²) in [4.78, 5) is 10.1. The van der Waals surface area contributed by atoms with Crippen LogP contribution in [0.1, 0.15) is 25.3 Å². The maximum atomic E-state index is 13.5. The van der Waals surface area contributed by atoms with Gasteiger partial charge in [0.15, 0.2) is 5.96 Å². The number of benzene rings is 1. The lowest BCUT2D eigenvalue weighted by Gasteiger charge is -2.17. The van der Waals surface area contributed by atoms with E-state index in [-0.39, 0.29) is 29.8 Å². The van der Waals surface area contributed by atoms with Gasteiger partial charge < -0.3 is 20.5 Å². The number of nitrogens with one attached hydrogen (secondary N) is 3. The van der Waals surface area contributed by atoms with Gasteiger partial charge in [-0.3, -0.25) is 4.99 Å². The standard InChI is InChI=1S/C20H30FN5.HI/c1-3-9-26-10-7-15(14-26)12-25-20(22-2)23-8-6-16-13-24-19-5-4-17(21)11-18(16)19;/h4-5,11,13,15,24H,3,6-10,12,14H2,1-2H3,(H2,22,23,25);1H. The molecule has 27 heavy (non-hydrogen) atoms. The summed E-state index contributed by atoms with van der Waals surface area (Å²) in [5.41, 5.74) is 2.09. The third kappa shape index (κ3) is 6.07. The zero-order valence-electron chi connectivity index (χ0n) is 16.2. The van der Waals surface area contributed by atoms with Gasteiger partial charge in [0.1, 0.15) is 5.82 Å². The van der Waals surface area contributed by atoms with Gasteiger partial charge >= 0.3 is 0 Å². The molecule has 150 valence electrons. The molecule has 3 N–H and O–H groups in total. The van der Waals surface area contributed by atoms with Crippen LogP contribution in [-0.2, 0) is 6.42 Å². The highest BCUT2D eigenvalue weighted by Crippen LogP contribution is 2.19. The summed E-state index contributed by atoms with van der Waals surface area (Å²) in [7, 11) is 1.80. The molecule has 1 fully saturated rings. The van der Waals surface area contributed by atoms with Gasteiger partial charge in [0.2, 0.25) is 0 Å². The molecule has 1 aromatic heterocycles. The van der Waals surface area contributed by atoms with Crippen LogP contribution in [0.2, 0.25) is 0 Å². The third-order valence-electron chi connectivity index (χ3n) is 5.11. The van der Waals surface area contributed by atoms with Crippen LogP contribution in [0.3, 0.4) is 0 Å². The average Bonchev–Trinajstić information content (AvgIpc) is 3.25. The van der Waals surface area contributed by atoms with Crippen molar-refractivity contribution in [2.75, 3.05) is 39.8 Å². The van der Waals surface area contributed by atoms with Gasteiger partial charge in [-0.2, -0.15) is 0 Å². The van der Waals surface area contributed by atoms with E-state index in [0.29, 0.717) is 5.92 Å². The first-order valence-electron chi connectivity index (χ1n) is 9.62. The predicted molar refractivity (Wildman–Crippen MR) is 122 cm³/mol. The Morgan fingerprint density at radius 1 is 1.37 bits per heavy atom. The quantitative estimate of drug-likeness (QED) is 0.319. The molecule has 1 aliphatic heterocycles. The summed E-state index contributed by atoms with van der Waals surface area (Å²) in [5.74, 6) is 1.33. The Morgan fingerprint density at radius 2 is 2.22 bits per heavy atom. The second-order valence-corrected chi connectivity index (χ2v) is 7.09. The smallest absolute Gasteiger partial charge is 0.190 e. The molecule has 3 rings (SSSR count). The van der Waals surface area contributed by atoms with Crippen molar-refractivity contribution in [2.24, 2.45) is 10.9 Å². The highest BCUT2D eigenvalue weighted by molar-refractivity contribution is 14.0. The molecule has 1 unspecified atom stereocenters. The zero-order valence-corrected chi connectivity index (χ0v) is 18.6. The number of aromatic nitrogens is 1. The molecule has 0 bridgehead atoms.